The molecule has 2 heteroatoms. The number of carbonyl (C=O) groups excluding carboxylic acids is 1. The first-order valence-corrected chi connectivity index (χ1v) is 6.37. The highest BCUT2D eigenvalue weighted by Gasteiger charge is 2.04. The van der Waals surface area contributed by atoms with Gasteiger partial charge in [-0.05, 0) is 38.0 Å². The lowest BCUT2D eigenvalue weighted by Gasteiger charge is -2.10. The van der Waals surface area contributed by atoms with E-state index in [2.05, 4.69) is 38.1 Å². The molecule has 16 heavy (non-hydrogen) atoms. The van der Waals surface area contributed by atoms with Crippen LogP contribution in [0.25, 0.3) is 0 Å². The van der Waals surface area contributed by atoms with Crippen molar-refractivity contribution in [1.29, 1.82) is 0 Å². The Morgan fingerprint density at radius 1 is 1.44 bits per heavy atom. The van der Waals surface area contributed by atoms with Crippen LogP contribution < -0.4 is 0 Å². The van der Waals surface area contributed by atoms with E-state index in [1.165, 1.54) is 10.5 Å². The monoisotopic (exact) mass is 234 g/mol. The molecule has 1 rings (SSSR count). The molecule has 1 aromatic carbocycles. The summed E-state index contributed by atoms with van der Waals surface area (Å²) < 4.78 is 0. The minimum Gasteiger partial charge on any atom is -0.295 e. The van der Waals surface area contributed by atoms with Crippen LogP contribution >= 0.6 is 11.8 Å². The van der Waals surface area contributed by atoms with Crippen molar-refractivity contribution in [1.82, 2.24) is 0 Å². The highest BCUT2D eigenvalue weighted by Crippen LogP contribution is 2.27. The maximum absolute atomic E-state index is 10.7. The predicted octanol–water partition coefficient (Wildman–Crippen LogP) is 4.01. The summed E-state index contributed by atoms with van der Waals surface area (Å²) in [6, 6.07) is 8.39. The molecule has 0 fully saturated rings. The van der Waals surface area contributed by atoms with Gasteiger partial charge in [-0.1, -0.05) is 31.2 Å². The second kappa shape index (κ2) is 6.54. The standard InChI is InChI=1S/C14H18OS/c1-11-7-4-5-10-14(11)16-13(3)9-6-8-12(2)15/h4-8,10,13H,9H2,1-3H3. The topological polar surface area (TPSA) is 17.1 Å². The summed E-state index contributed by atoms with van der Waals surface area (Å²) in [6.45, 7) is 5.89. The number of carbonyl (C=O) groups is 1. The first kappa shape index (κ1) is 13.0. The Morgan fingerprint density at radius 3 is 2.75 bits per heavy atom. The van der Waals surface area contributed by atoms with Gasteiger partial charge >= 0.3 is 0 Å². The Balaban J connectivity index is 2.49. The zero-order chi connectivity index (χ0) is 12.0. The van der Waals surface area contributed by atoms with Gasteiger partial charge in [-0.15, -0.1) is 11.8 Å². The maximum Gasteiger partial charge on any atom is 0.152 e. The van der Waals surface area contributed by atoms with Crippen molar-refractivity contribution < 1.29 is 4.79 Å². The largest absolute Gasteiger partial charge is 0.295 e. The molecule has 0 aromatic heterocycles. The smallest absolute Gasteiger partial charge is 0.152 e. The van der Waals surface area contributed by atoms with E-state index in [-0.39, 0.29) is 5.78 Å². The second-order valence-electron chi connectivity index (χ2n) is 3.94. The van der Waals surface area contributed by atoms with Crippen LogP contribution in [0.3, 0.4) is 0 Å². The van der Waals surface area contributed by atoms with Gasteiger partial charge < -0.3 is 0 Å². The molecule has 1 nitrogen and oxygen atoms in total. The molecule has 0 saturated heterocycles. The van der Waals surface area contributed by atoms with Crippen molar-refractivity contribution >= 4 is 17.5 Å². The highest BCUT2D eigenvalue weighted by molar-refractivity contribution is 8.00. The number of aryl methyl sites for hydroxylation is 1. The molecule has 1 atom stereocenters. The summed E-state index contributed by atoms with van der Waals surface area (Å²) in [5.41, 5.74) is 1.31. The number of hydrogen-bond acceptors (Lipinski definition) is 2. The molecule has 0 N–H and O–H groups in total. The number of benzene rings is 1. The Kier molecular flexibility index (Phi) is 5.33. The number of thioether (sulfide) groups is 1. The minimum absolute atomic E-state index is 0.119. The number of ketones is 1. The Bertz CT molecular complexity index is 382. The quantitative estimate of drug-likeness (QED) is 0.565. The molecular formula is C14H18OS. The van der Waals surface area contributed by atoms with E-state index in [1.807, 2.05) is 17.8 Å². The van der Waals surface area contributed by atoms with E-state index in [0.717, 1.165) is 6.42 Å². The molecular weight excluding hydrogens is 216 g/mol. The van der Waals surface area contributed by atoms with Crippen molar-refractivity contribution in [3.63, 3.8) is 0 Å². The molecule has 1 aromatic rings. The van der Waals surface area contributed by atoms with Gasteiger partial charge in [0.25, 0.3) is 0 Å². The fourth-order valence-corrected chi connectivity index (χ4v) is 2.43. The Hall–Kier alpha value is -1.02. The Labute approximate surface area is 102 Å². The van der Waals surface area contributed by atoms with Crippen LogP contribution in [0.2, 0.25) is 0 Å². The molecule has 0 aliphatic heterocycles. The third-order valence-corrected chi connectivity index (χ3v) is 3.55. The summed E-state index contributed by atoms with van der Waals surface area (Å²) in [7, 11) is 0. The normalized spacial score (nSPS) is 12.9. The van der Waals surface area contributed by atoms with Crippen LogP contribution in [0.5, 0.6) is 0 Å². The molecule has 0 aliphatic carbocycles. The van der Waals surface area contributed by atoms with Gasteiger partial charge in [0.2, 0.25) is 0 Å². The summed E-state index contributed by atoms with van der Waals surface area (Å²) in [6.07, 6.45) is 4.53. The number of rotatable bonds is 5. The third-order valence-electron chi connectivity index (χ3n) is 2.24. The molecule has 0 bridgehead atoms. The average molecular weight is 234 g/mol. The molecule has 0 heterocycles. The van der Waals surface area contributed by atoms with Crippen LogP contribution in [-0.2, 0) is 4.79 Å². The Morgan fingerprint density at radius 2 is 2.12 bits per heavy atom. The van der Waals surface area contributed by atoms with Crippen molar-refractivity contribution in [2.45, 2.75) is 37.3 Å². The van der Waals surface area contributed by atoms with E-state index in [1.54, 1.807) is 13.0 Å². The summed E-state index contributed by atoms with van der Waals surface area (Å²) >= 11 is 1.86. The van der Waals surface area contributed by atoms with Crippen LogP contribution in [0.4, 0.5) is 0 Å². The first-order valence-electron chi connectivity index (χ1n) is 5.49. The van der Waals surface area contributed by atoms with E-state index < -0.39 is 0 Å². The first-order chi connectivity index (χ1) is 7.59. The summed E-state index contributed by atoms with van der Waals surface area (Å²) in [5.74, 6) is 0.119. The van der Waals surface area contributed by atoms with Crippen molar-refractivity contribution in [3.05, 3.63) is 42.0 Å². The van der Waals surface area contributed by atoms with Gasteiger partial charge in [0.05, 0.1) is 0 Å². The molecule has 0 amide bonds. The zero-order valence-electron chi connectivity index (χ0n) is 10.1. The zero-order valence-corrected chi connectivity index (χ0v) is 10.9. The van der Waals surface area contributed by atoms with Gasteiger partial charge in [-0.25, -0.2) is 0 Å². The van der Waals surface area contributed by atoms with Crippen molar-refractivity contribution in [2.24, 2.45) is 0 Å². The minimum atomic E-state index is 0.119. The fraction of sp³-hybridized carbons (Fsp3) is 0.357. The van der Waals surface area contributed by atoms with Crippen molar-refractivity contribution in [3.8, 4) is 0 Å². The lowest BCUT2D eigenvalue weighted by molar-refractivity contribution is -0.112. The van der Waals surface area contributed by atoms with E-state index in [4.69, 9.17) is 0 Å². The summed E-state index contributed by atoms with van der Waals surface area (Å²) in [4.78, 5) is 12.1. The van der Waals surface area contributed by atoms with E-state index >= 15 is 0 Å². The van der Waals surface area contributed by atoms with Crippen LogP contribution in [-0.4, -0.2) is 11.0 Å². The fourth-order valence-electron chi connectivity index (χ4n) is 1.38. The molecule has 86 valence electrons. The van der Waals surface area contributed by atoms with Crippen LogP contribution in [0.15, 0.2) is 41.3 Å². The summed E-state index contributed by atoms with van der Waals surface area (Å²) in [5, 5.41) is 0.497. The number of hydrogen-bond donors (Lipinski definition) is 0. The molecule has 0 aliphatic rings. The molecule has 0 spiro atoms. The average Bonchev–Trinajstić information content (AvgIpc) is 2.21. The highest BCUT2D eigenvalue weighted by atomic mass is 32.2. The van der Waals surface area contributed by atoms with E-state index in [9.17, 15) is 4.79 Å². The lowest BCUT2D eigenvalue weighted by Crippen LogP contribution is -1.94. The second-order valence-corrected chi connectivity index (χ2v) is 5.42. The van der Waals surface area contributed by atoms with Crippen LogP contribution in [0.1, 0.15) is 25.8 Å². The van der Waals surface area contributed by atoms with Gasteiger partial charge in [0, 0.05) is 10.1 Å². The molecule has 0 saturated carbocycles. The maximum atomic E-state index is 10.7. The third kappa shape index (κ3) is 4.67. The van der Waals surface area contributed by atoms with Crippen LogP contribution in [0, 0.1) is 6.92 Å². The van der Waals surface area contributed by atoms with Crippen molar-refractivity contribution in [2.75, 3.05) is 0 Å². The lowest BCUT2D eigenvalue weighted by atomic mass is 10.2. The molecule has 1 unspecified atom stereocenters. The SMILES string of the molecule is CC(=O)C=CCC(C)Sc1ccccc1C. The van der Waals surface area contributed by atoms with Gasteiger partial charge in [0.1, 0.15) is 0 Å². The molecule has 0 radical (unpaired) electrons. The van der Waals surface area contributed by atoms with Gasteiger partial charge in [-0.3, -0.25) is 4.79 Å². The predicted molar refractivity (Wildman–Crippen MR) is 70.9 cm³/mol. The van der Waals surface area contributed by atoms with Gasteiger partial charge in [0.15, 0.2) is 5.78 Å². The number of allylic oxidation sites excluding steroid dienone is 2. The van der Waals surface area contributed by atoms with E-state index in [0.29, 0.717) is 5.25 Å². The van der Waals surface area contributed by atoms with Gasteiger partial charge in [-0.2, -0.15) is 0 Å².